The van der Waals surface area contributed by atoms with Crippen molar-refractivity contribution in [2.75, 3.05) is 0 Å². The molecule has 2 aromatic heterocycles. The molecule has 7 heteroatoms. The Labute approximate surface area is 161 Å². The van der Waals surface area contributed by atoms with Crippen LogP contribution in [0.3, 0.4) is 0 Å². The molecule has 0 radical (unpaired) electrons. The van der Waals surface area contributed by atoms with Gasteiger partial charge >= 0.3 is 0 Å². The molecule has 0 spiro atoms. The molecule has 0 aliphatic heterocycles. The smallest absolute Gasteiger partial charge is 0.182 e. The minimum absolute atomic E-state index is 0.540. The highest BCUT2D eigenvalue weighted by atomic mass is 35.5. The number of rotatable bonds is 4. The normalized spacial score (nSPS) is 12.0. The summed E-state index contributed by atoms with van der Waals surface area (Å²) in [5.74, 6) is -0.00309. The van der Waals surface area contributed by atoms with E-state index in [1.807, 2.05) is 42.5 Å². The van der Waals surface area contributed by atoms with E-state index in [-0.39, 0.29) is 0 Å². The number of aromatic nitrogens is 5. The number of halogens is 1. The first-order valence-electron chi connectivity index (χ1n) is 8.42. The zero-order valence-corrected chi connectivity index (χ0v) is 15.3. The SMILES string of the molecule is Cc1nc(C(C#N)c2ccc(Cl)cc2)c2nnn(Cc3ccccc3)c2n1. The molecule has 0 aliphatic rings. The molecule has 0 N–H and O–H groups in total. The molecule has 2 heterocycles. The monoisotopic (exact) mass is 374 g/mol. The van der Waals surface area contributed by atoms with Gasteiger partial charge in [0.15, 0.2) is 11.2 Å². The van der Waals surface area contributed by atoms with Crippen molar-refractivity contribution in [3.8, 4) is 6.07 Å². The first-order valence-corrected chi connectivity index (χ1v) is 8.80. The number of aryl methyl sites for hydroxylation is 1. The highest BCUT2D eigenvalue weighted by Gasteiger charge is 2.22. The number of hydrogen-bond acceptors (Lipinski definition) is 5. The van der Waals surface area contributed by atoms with E-state index in [2.05, 4.69) is 26.3 Å². The molecule has 0 saturated carbocycles. The van der Waals surface area contributed by atoms with Crippen molar-refractivity contribution in [2.45, 2.75) is 19.4 Å². The van der Waals surface area contributed by atoms with Gasteiger partial charge in [-0.2, -0.15) is 5.26 Å². The van der Waals surface area contributed by atoms with Crippen molar-refractivity contribution in [3.63, 3.8) is 0 Å². The topological polar surface area (TPSA) is 80.3 Å². The van der Waals surface area contributed by atoms with E-state index < -0.39 is 5.92 Å². The third-order valence-electron chi connectivity index (χ3n) is 4.28. The van der Waals surface area contributed by atoms with Gasteiger partial charge in [0.05, 0.1) is 18.3 Å². The molecule has 0 fully saturated rings. The lowest BCUT2D eigenvalue weighted by molar-refractivity contribution is 0.663. The van der Waals surface area contributed by atoms with Crippen LogP contribution in [0, 0.1) is 18.3 Å². The van der Waals surface area contributed by atoms with E-state index in [4.69, 9.17) is 11.6 Å². The summed E-state index contributed by atoms with van der Waals surface area (Å²) >= 11 is 5.97. The predicted octanol–water partition coefficient (Wildman–Crippen LogP) is 3.89. The fourth-order valence-electron chi connectivity index (χ4n) is 3.00. The summed E-state index contributed by atoms with van der Waals surface area (Å²) in [7, 11) is 0. The molecule has 0 aliphatic carbocycles. The van der Waals surface area contributed by atoms with E-state index in [0.717, 1.165) is 11.1 Å². The van der Waals surface area contributed by atoms with Gasteiger partial charge in [0.2, 0.25) is 0 Å². The van der Waals surface area contributed by atoms with Crippen LogP contribution in [-0.4, -0.2) is 25.0 Å². The zero-order valence-electron chi connectivity index (χ0n) is 14.5. The number of benzene rings is 2. The highest BCUT2D eigenvalue weighted by molar-refractivity contribution is 6.30. The maximum absolute atomic E-state index is 9.80. The average Bonchev–Trinajstić information content (AvgIpc) is 3.07. The van der Waals surface area contributed by atoms with Crippen LogP contribution in [0.15, 0.2) is 54.6 Å². The Morgan fingerprint density at radius 3 is 2.52 bits per heavy atom. The Balaban J connectivity index is 1.82. The number of nitriles is 1. The lowest BCUT2D eigenvalue weighted by Crippen LogP contribution is -2.07. The first-order chi connectivity index (χ1) is 13.2. The van der Waals surface area contributed by atoms with Crippen molar-refractivity contribution < 1.29 is 0 Å². The molecule has 6 nitrogen and oxygen atoms in total. The fraction of sp³-hybridized carbons (Fsp3) is 0.150. The van der Waals surface area contributed by atoms with Crippen molar-refractivity contribution in [3.05, 3.63) is 82.3 Å². The molecule has 132 valence electrons. The van der Waals surface area contributed by atoms with Crippen LogP contribution < -0.4 is 0 Å². The van der Waals surface area contributed by atoms with Gasteiger partial charge in [-0.25, -0.2) is 14.6 Å². The fourth-order valence-corrected chi connectivity index (χ4v) is 3.13. The average molecular weight is 375 g/mol. The minimum Gasteiger partial charge on any atom is -0.234 e. The molecule has 27 heavy (non-hydrogen) atoms. The van der Waals surface area contributed by atoms with E-state index >= 15 is 0 Å². The van der Waals surface area contributed by atoms with Gasteiger partial charge in [-0.3, -0.25) is 0 Å². The van der Waals surface area contributed by atoms with Crippen LogP contribution in [0.5, 0.6) is 0 Å². The summed E-state index contributed by atoms with van der Waals surface area (Å²) in [6.07, 6.45) is 0. The summed E-state index contributed by atoms with van der Waals surface area (Å²) in [4.78, 5) is 9.02. The molecule has 0 amide bonds. The van der Waals surface area contributed by atoms with E-state index in [9.17, 15) is 5.26 Å². The molecule has 1 atom stereocenters. The molecule has 2 aromatic carbocycles. The highest BCUT2D eigenvalue weighted by Crippen LogP contribution is 2.28. The van der Waals surface area contributed by atoms with Gasteiger partial charge in [-0.15, -0.1) is 5.10 Å². The summed E-state index contributed by atoms with van der Waals surface area (Å²) < 4.78 is 1.74. The second kappa shape index (κ2) is 7.14. The third-order valence-corrected chi connectivity index (χ3v) is 4.53. The molecule has 4 aromatic rings. The molecule has 1 unspecified atom stereocenters. The number of nitrogens with zero attached hydrogens (tertiary/aromatic N) is 6. The predicted molar refractivity (Wildman–Crippen MR) is 102 cm³/mol. The summed E-state index contributed by atoms with van der Waals surface area (Å²) in [6.45, 7) is 2.35. The number of hydrogen-bond donors (Lipinski definition) is 0. The zero-order chi connectivity index (χ0) is 18.8. The van der Waals surface area contributed by atoms with Crippen molar-refractivity contribution in [1.29, 1.82) is 5.26 Å². The second-order valence-electron chi connectivity index (χ2n) is 6.17. The summed E-state index contributed by atoms with van der Waals surface area (Å²) in [5, 5.41) is 18.9. The maximum atomic E-state index is 9.80. The number of fused-ring (bicyclic) bond motifs is 1. The van der Waals surface area contributed by atoms with Gasteiger partial charge in [-0.1, -0.05) is 59.3 Å². The van der Waals surface area contributed by atoms with Crippen molar-refractivity contribution >= 4 is 22.8 Å². The van der Waals surface area contributed by atoms with Crippen molar-refractivity contribution in [1.82, 2.24) is 25.0 Å². The van der Waals surface area contributed by atoms with Gasteiger partial charge in [0.25, 0.3) is 0 Å². The Morgan fingerprint density at radius 1 is 1.07 bits per heavy atom. The van der Waals surface area contributed by atoms with Crippen molar-refractivity contribution in [2.24, 2.45) is 0 Å². The lowest BCUT2D eigenvalue weighted by atomic mass is 9.96. The van der Waals surface area contributed by atoms with Crippen LogP contribution >= 0.6 is 11.6 Å². The van der Waals surface area contributed by atoms with E-state index in [1.54, 1.807) is 23.7 Å². The van der Waals surface area contributed by atoms with Crippen LogP contribution in [0.25, 0.3) is 11.2 Å². The maximum Gasteiger partial charge on any atom is 0.182 e. The largest absolute Gasteiger partial charge is 0.234 e. The third kappa shape index (κ3) is 3.37. The Kier molecular flexibility index (Phi) is 4.53. The van der Waals surface area contributed by atoms with Gasteiger partial charge in [0.1, 0.15) is 11.7 Å². The quantitative estimate of drug-likeness (QED) is 0.541. The second-order valence-corrected chi connectivity index (χ2v) is 6.61. The lowest BCUT2D eigenvalue weighted by Gasteiger charge is -2.10. The standard InChI is InChI=1S/C20H15ClN6/c1-13-23-18(17(11-22)15-7-9-16(21)10-8-15)19-20(24-13)27(26-25-19)12-14-5-3-2-4-6-14/h2-10,17H,12H2,1H3. The van der Waals surface area contributed by atoms with Gasteiger partial charge in [-0.05, 0) is 30.2 Å². The summed E-state index contributed by atoms with van der Waals surface area (Å²) in [6, 6.07) is 19.5. The van der Waals surface area contributed by atoms with Crippen LogP contribution in [0.4, 0.5) is 0 Å². The Bertz CT molecular complexity index is 1130. The Morgan fingerprint density at radius 2 is 1.81 bits per heavy atom. The molecule has 4 rings (SSSR count). The van der Waals surface area contributed by atoms with Crippen LogP contribution in [-0.2, 0) is 6.54 Å². The van der Waals surface area contributed by atoms with Crippen LogP contribution in [0.1, 0.15) is 28.6 Å². The van der Waals surface area contributed by atoms with Gasteiger partial charge < -0.3 is 0 Å². The van der Waals surface area contributed by atoms with Crippen LogP contribution in [0.2, 0.25) is 5.02 Å². The first kappa shape index (κ1) is 17.1. The molecular formula is C20H15ClN6. The molecular weight excluding hydrogens is 360 g/mol. The summed E-state index contributed by atoms with van der Waals surface area (Å²) in [5.41, 5.74) is 3.62. The minimum atomic E-state index is -0.576. The Hall–Kier alpha value is -3.30. The van der Waals surface area contributed by atoms with E-state index in [1.165, 1.54) is 0 Å². The van der Waals surface area contributed by atoms with E-state index in [0.29, 0.717) is 34.2 Å². The molecule has 0 saturated heterocycles. The molecule has 0 bridgehead atoms. The van der Waals surface area contributed by atoms with Gasteiger partial charge in [0, 0.05) is 5.02 Å².